The first-order chi connectivity index (χ1) is 8.50. The molecule has 1 aromatic heterocycles. The molecule has 0 radical (unpaired) electrons. The van der Waals surface area contributed by atoms with Crippen molar-refractivity contribution in [3.63, 3.8) is 0 Å². The van der Waals surface area contributed by atoms with Gasteiger partial charge in [-0.2, -0.15) is 0 Å². The SMILES string of the molecule is Cn1ccnc1C(=O)c1cc(Cl)ccc1[N+](=O)[O-]. The summed E-state index contributed by atoms with van der Waals surface area (Å²) in [6.45, 7) is 0. The van der Waals surface area contributed by atoms with E-state index in [0.717, 1.165) is 0 Å². The average molecular weight is 266 g/mol. The Kier molecular flexibility index (Phi) is 3.12. The lowest BCUT2D eigenvalue weighted by Crippen LogP contribution is -2.11. The standard InChI is InChI=1S/C11H8ClN3O3/c1-14-5-4-13-11(14)10(16)8-6-7(12)2-3-9(8)15(17)18/h2-6H,1H3. The number of rotatable bonds is 3. The Labute approximate surface area is 107 Å². The summed E-state index contributed by atoms with van der Waals surface area (Å²) in [5, 5.41) is 11.1. The third kappa shape index (κ3) is 2.10. The zero-order valence-electron chi connectivity index (χ0n) is 9.33. The summed E-state index contributed by atoms with van der Waals surface area (Å²) < 4.78 is 1.49. The Hall–Kier alpha value is -2.21. The molecule has 2 rings (SSSR count). The summed E-state index contributed by atoms with van der Waals surface area (Å²) in [6.07, 6.45) is 3.03. The molecule has 0 atom stereocenters. The fraction of sp³-hybridized carbons (Fsp3) is 0.0909. The molecule has 92 valence electrons. The predicted molar refractivity (Wildman–Crippen MR) is 64.7 cm³/mol. The molecule has 6 nitrogen and oxygen atoms in total. The summed E-state index contributed by atoms with van der Waals surface area (Å²) >= 11 is 5.76. The number of ketones is 1. The van der Waals surface area contributed by atoms with E-state index < -0.39 is 10.7 Å². The highest BCUT2D eigenvalue weighted by atomic mass is 35.5. The molecule has 0 bridgehead atoms. The highest BCUT2D eigenvalue weighted by Crippen LogP contribution is 2.24. The van der Waals surface area contributed by atoms with Gasteiger partial charge in [0.25, 0.3) is 5.69 Å². The lowest BCUT2D eigenvalue weighted by Gasteiger charge is -2.03. The van der Waals surface area contributed by atoms with Gasteiger partial charge < -0.3 is 4.57 Å². The number of aromatic nitrogens is 2. The smallest absolute Gasteiger partial charge is 0.280 e. The van der Waals surface area contributed by atoms with E-state index in [4.69, 9.17) is 11.6 Å². The molecule has 0 unspecified atom stereocenters. The van der Waals surface area contributed by atoms with Gasteiger partial charge in [-0.15, -0.1) is 0 Å². The third-order valence-electron chi connectivity index (χ3n) is 2.42. The maximum atomic E-state index is 12.2. The molecule has 0 amide bonds. The lowest BCUT2D eigenvalue weighted by molar-refractivity contribution is -0.385. The monoisotopic (exact) mass is 265 g/mol. The summed E-state index contributed by atoms with van der Waals surface area (Å²) in [7, 11) is 1.64. The van der Waals surface area contributed by atoms with Gasteiger partial charge in [-0.25, -0.2) is 4.98 Å². The van der Waals surface area contributed by atoms with Crippen LogP contribution in [-0.2, 0) is 7.05 Å². The predicted octanol–water partition coefficient (Wildman–Crippen LogP) is 2.21. The van der Waals surface area contributed by atoms with Crippen LogP contribution in [0, 0.1) is 10.1 Å². The molecule has 1 aromatic carbocycles. The normalized spacial score (nSPS) is 10.3. The van der Waals surface area contributed by atoms with Crippen molar-refractivity contribution >= 4 is 23.1 Å². The fourth-order valence-electron chi connectivity index (χ4n) is 1.55. The summed E-state index contributed by atoms with van der Waals surface area (Å²) in [4.78, 5) is 26.3. The molecule has 0 aliphatic heterocycles. The van der Waals surface area contributed by atoms with Crippen molar-refractivity contribution in [2.75, 3.05) is 0 Å². The van der Waals surface area contributed by atoms with Crippen molar-refractivity contribution in [2.45, 2.75) is 0 Å². The fourth-order valence-corrected chi connectivity index (χ4v) is 1.73. The number of aryl methyl sites for hydroxylation is 1. The molecule has 0 fully saturated rings. The number of imidazole rings is 1. The van der Waals surface area contributed by atoms with Crippen LogP contribution in [0.25, 0.3) is 0 Å². The molecule has 1 heterocycles. The maximum absolute atomic E-state index is 12.2. The molecule has 0 saturated carbocycles. The zero-order chi connectivity index (χ0) is 13.3. The van der Waals surface area contributed by atoms with Gasteiger partial charge in [0, 0.05) is 30.5 Å². The van der Waals surface area contributed by atoms with Gasteiger partial charge in [-0.05, 0) is 12.1 Å². The van der Waals surface area contributed by atoms with E-state index in [0.29, 0.717) is 0 Å². The number of nitro groups is 1. The van der Waals surface area contributed by atoms with Crippen molar-refractivity contribution in [3.05, 3.63) is 57.1 Å². The Morgan fingerprint density at radius 2 is 2.22 bits per heavy atom. The van der Waals surface area contributed by atoms with Crippen molar-refractivity contribution in [1.82, 2.24) is 9.55 Å². The highest BCUT2D eigenvalue weighted by molar-refractivity contribution is 6.31. The van der Waals surface area contributed by atoms with Crippen LogP contribution in [0.4, 0.5) is 5.69 Å². The second kappa shape index (κ2) is 4.58. The van der Waals surface area contributed by atoms with Gasteiger partial charge in [0.1, 0.15) is 5.56 Å². The largest absolute Gasteiger partial charge is 0.331 e. The van der Waals surface area contributed by atoms with E-state index in [9.17, 15) is 14.9 Å². The minimum absolute atomic E-state index is 0.0678. The van der Waals surface area contributed by atoms with E-state index in [1.807, 2.05) is 0 Å². The van der Waals surface area contributed by atoms with Crippen molar-refractivity contribution < 1.29 is 9.72 Å². The van der Waals surface area contributed by atoms with Gasteiger partial charge >= 0.3 is 0 Å². The molecule has 0 N–H and O–H groups in total. The van der Waals surface area contributed by atoms with E-state index in [2.05, 4.69) is 4.98 Å². The first-order valence-corrected chi connectivity index (χ1v) is 5.34. The molecule has 0 spiro atoms. The van der Waals surface area contributed by atoms with Crippen molar-refractivity contribution in [2.24, 2.45) is 7.05 Å². The van der Waals surface area contributed by atoms with Gasteiger partial charge in [0.2, 0.25) is 5.78 Å². The van der Waals surface area contributed by atoms with E-state index in [1.165, 1.54) is 29.0 Å². The molecule has 2 aromatic rings. The van der Waals surface area contributed by atoms with E-state index in [1.54, 1.807) is 13.2 Å². The zero-order valence-corrected chi connectivity index (χ0v) is 10.1. The Bertz CT molecular complexity index is 636. The Morgan fingerprint density at radius 3 is 2.78 bits per heavy atom. The number of halogens is 1. The summed E-state index contributed by atoms with van der Waals surface area (Å²) in [6, 6.07) is 3.85. The van der Waals surface area contributed by atoms with Crippen LogP contribution >= 0.6 is 11.6 Å². The maximum Gasteiger partial charge on any atom is 0.280 e. The van der Waals surface area contributed by atoms with Crippen LogP contribution in [0.3, 0.4) is 0 Å². The van der Waals surface area contributed by atoms with Crippen LogP contribution in [0.2, 0.25) is 5.02 Å². The van der Waals surface area contributed by atoms with Crippen molar-refractivity contribution in [3.8, 4) is 0 Å². The second-order valence-corrected chi connectivity index (χ2v) is 4.05. The number of hydrogen-bond acceptors (Lipinski definition) is 4. The van der Waals surface area contributed by atoms with E-state index in [-0.39, 0.29) is 22.1 Å². The average Bonchev–Trinajstić information content (AvgIpc) is 2.74. The molecule has 7 heteroatoms. The van der Waals surface area contributed by atoms with Crippen LogP contribution in [0.5, 0.6) is 0 Å². The molecule has 0 saturated heterocycles. The number of carbonyl (C=O) groups is 1. The molecule has 18 heavy (non-hydrogen) atoms. The first-order valence-electron chi connectivity index (χ1n) is 4.96. The molecule has 0 aliphatic carbocycles. The summed E-state index contributed by atoms with van der Waals surface area (Å²) in [5.74, 6) is -0.405. The molecular formula is C11H8ClN3O3. The minimum atomic E-state index is -0.619. The minimum Gasteiger partial charge on any atom is -0.331 e. The highest BCUT2D eigenvalue weighted by Gasteiger charge is 2.24. The number of benzene rings is 1. The number of nitrogens with zero attached hydrogens (tertiary/aromatic N) is 3. The Morgan fingerprint density at radius 1 is 1.50 bits per heavy atom. The third-order valence-corrected chi connectivity index (χ3v) is 2.66. The van der Waals surface area contributed by atoms with Gasteiger partial charge in [0.05, 0.1) is 4.92 Å². The summed E-state index contributed by atoms with van der Waals surface area (Å²) in [5.41, 5.74) is -0.353. The van der Waals surface area contributed by atoms with Gasteiger partial charge in [-0.1, -0.05) is 11.6 Å². The topological polar surface area (TPSA) is 78.0 Å². The van der Waals surface area contributed by atoms with Crippen molar-refractivity contribution in [1.29, 1.82) is 0 Å². The van der Waals surface area contributed by atoms with Gasteiger partial charge in [0.15, 0.2) is 5.82 Å². The molecule has 0 aliphatic rings. The number of hydrogen-bond donors (Lipinski definition) is 0. The van der Waals surface area contributed by atoms with E-state index >= 15 is 0 Å². The number of carbonyl (C=O) groups excluding carboxylic acids is 1. The molecular weight excluding hydrogens is 258 g/mol. The van der Waals surface area contributed by atoms with Crippen LogP contribution in [0.1, 0.15) is 16.2 Å². The Balaban J connectivity index is 2.57. The quantitative estimate of drug-likeness (QED) is 0.484. The number of nitro benzene ring substituents is 1. The lowest BCUT2D eigenvalue weighted by atomic mass is 10.1. The van der Waals surface area contributed by atoms with Crippen LogP contribution in [-0.4, -0.2) is 20.3 Å². The van der Waals surface area contributed by atoms with Crippen LogP contribution < -0.4 is 0 Å². The van der Waals surface area contributed by atoms with Gasteiger partial charge in [-0.3, -0.25) is 14.9 Å². The second-order valence-electron chi connectivity index (χ2n) is 3.61. The first kappa shape index (κ1) is 12.3. The van der Waals surface area contributed by atoms with Crippen LogP contribution in [0.15, 0.2) is 30.6 Å².